The Morgan fingerprint density at radius 2 is 1.83 bits per heavy atom. The average molecular weight is 353 g/mol. The first-order valence-electron chi connectivity index (χ1n) is 8.55. The van der Waals surface area contributed by atoms with Gasteiger partial charge < -0.3 is 10.6 Å². The highest BCUT2D eigenvalue weighted by Crippen LogP contribution is 2.55. The van der Waals surface area contributed by atoms with E-state index in [4.69, 9.17) is 0 Å². The number of nitrogens with zero attached hydrogens (tertiary/aromatic N) is 2. The van der Waals surface area contributed by atoms with Gasteiger partial charge in [-0.25, -0.2) is 0 Å². The quantitative estimate of drug-likeness (QED) is 0.797. The third-order valence-electron chi connectivity index (χ3n) is 5.69. The molecule has 0 spiro atoms. The molecule has 0 saturated heterocycles. The van der Waals surface area contributed by atoms with Gasteiger partial charge in [-0.2, -0.15) is 0 Å². The summed E-state index contributed by atoms with van der Waals surface area (Å²) in [5.41, 5.74) is 0.0952. The van der Waals surface area contributed by atoms with Crippen LogP contribution in [0.5, 0.6) is 0 Å². The number of hydrogen-bond donors (Lipinski definition) is 2. The van der Waals surface area contributed by atoms with Gasteiger partial charge in [0.1, 0.15) is 0 Å². The fourth-order valence-corrected chi connectivity index (χ4v) is 7.04. The van der Waals surface area contributed by atoms with E-state index in [1.165, 1.54) is 61.6 Å². The van der Waals surface area contributed by atoms with Crippen molar-refractivity contribution in [2.45, 2.75) is 60.6 Å². The molecule has 4 bridgehead atoms. The Labute approximate surface area is 145 Å². The van der Waals surface area contributed by atoms with Crippen molar-refractivity contribution in [1.82, 2.24) is 15.5 Å². The molecule has 7 heteroatoms. The normalized spacial score (nSPS) is 36.0. The summed E-state index contributed by atoms with van der Waals surface area (Å²) in [6, 6.07) is 0. The number of aromatic nitrogens is 2. The van der Waals surface area contributed by atoms with E-state index in [1.54, 1.807) is 0 Å². The predicted molar refractivity (Wildman–Crippen MR) is 93.8 cm³/mol. The molecule has 4 saturated carbocycles. The molecule has 4 aliphatic rings. The van der Waals surface area contributed by atoms with Crippen LogP contribution in [0.4, 0.5) is 5.13 Å². The van der Waals surface area contributed by atoms with Crippen LogP contribution in [-0.4, -0.2) is 33.9 Å². The van der Waals surface area contributed by atoms with E-state index in [1.807, 2.05) is 14.0 Å². The van der Waals surface area contributed by atoms with Crippen molar-refractivity contribution in [3.05, 3.63) is 0 Å². The van der Waals surface area contributed by atoms with Crippen LogP contribution < -0.4 is 10.6 Å². The zero-order valence-electron chi connectivity index (χ0n) is 13.7. The number of amides is 1. The lowest BCUT2D eigenvalue weighted by atomic mass is 9.53. The van der Waals surface area contributed by atoms with Gasteiger partial charge in [0, 0.05) is 12.6 Å². The largest absolute Gasteiger partial charge is 0.363 e. The van der Waals surface area contributed by atoms with Crippen LogP contribution in [0.3, 0.4) is 0 Å². The minimum atomic E-state index is -0.124. The number of thioether (sulfide) groups is 1. The lowest BCUT2D eigenvalue weighted by Crippen LogP contribution is -2.60. The Kier molecular flexibility index (Phi) is 4.04. The summed E-state index contributed by atoms with van der Waals surface area (Å²) < 4.78 is 0.850. The molecule has 1 heterocycles. The standard InChI is InChI=1S/C16H24N4OS2/c1-9(22-15-20-19-14(17-2)23-15)13(21)18-16-6-10-3-11(7-16)5-12(4-10)8-16/h9-12H,3-8H2,1-2H3,(H,17,19)(H,18,21)/t9-,10?,11?,12?,16?/m0/s1. The van der Waals surface area contributed by atoms with E-state index in [0.717, 1.165) is 27.2 Å². The molecule has 1 amide bonds. The molecule has 4 fully saturated rings. The first-order valence-corrected chi connectivity index (χ1v) is 10.2. The van der Waals surface area contributed by atoms with Gasteiger partial charge in [0.05, 0.1) is 5.25 Å². The van der Waals surface area contributed by atoms with Crippen molar-refractivity contribution in [2.75, 3.05) is 12.4 Å². The number of anilines is 1. The maximum absolute atomic E-state index is 12.7. The van der Waals surface area contributed by atoms with E-state index in [9.17, 15) is 4.79 Å². The number of nitrogens with one attached hydrogen (secondary N) is 2. The number of carbonyl (C=O) groups excluding carboxylic acids is 1. The van der Waals surface area contributed by atoms with Crippen molar-refractivity contribution in [1.29, 1.82) is 0 Å². The maximum Gasteiger partial charge on any atom is 0.233 e. The second-order valence-corrected chi connectivity index (χ2v) is 10.1. The van der Waals surface area contributed by atoms with Gasteiger partial charge in [-0.15, -0.1) is 10.2 Å². The monoisotopic (exact) mass is 352 g/mol. The summed E-state index contributed by atoms with van der Waals surface area (Å²) in [5.74, 6) is 2.72. The maximum atomic E-state index is 12.7. The molecule has 5 nitrogen and oxygen atoms in total. The van der Waals surface area contributed by atoms with Crippen molar-refractivity contribution < 1.29 is 4.79 Å². The van der Waals surface area contributed by atoms with Gasteiger partial charge in [-0.05, 0) is 63.2 Å². The second kappa shape index (κ2) is 5.92. The molecule has 4 aliphatic carbocycles. The third kappa shape index (κ3) is 3.09. The SMILES string of the molecule is CNc1nnc(S[C@@H](C)C(=O)NC23CC4CC(CC(C4)C2)C3)s1. The molecule has 1 atom stereocenters. The van der Waals surface area contributed by atoms with Gasteiger partial charge in [0.2, 0.25) is 11.0 Å². The molecule has 1 aromatic rings. The van der Waals surface area contributed by atoms with E-state index >= 15 is 0 Å². The summed E-state index contributed by atoms with van der Waals surface area (Å²) in [6.45, 7) is 1.97. The van der Waals surface area contributed by atoms with Crippen LogP contribution in [0, 0.1) is 17.8 Å². The van der Waals surface area contributed by atoms with Crippen LogP contribution in [0.15, 0.2) is 4.34 Å². The van der Waals surface area contributed by atoms with Crippen molar-refractivity contribution >= 4 is 34.1 Å². The average Bonchev–Trinajstić information content (AvgIpc) is 2.92. The van der Waals surface area contributed by atoms with Gasteiger partial charge in [-0.3, -0.25) is 4.79 Å². The van der Waals surface area contributed by atoms with Crippen LogP contribution >= 0.6 is 23.1 Å². The Balaban J connectivity index is 1.39. The van der Waals surface area contributed by atoms with E-state index < -0.39 is 0 Å². The molecule has 2 N–H and O–H groups in total. The molecule has 1 aromatic heterocycles. The van der Waals surface area contributed by atoms with E-state index in [0.29, 0.717) is 0 Å². The van der Waals surface area contributed by atoms with Gasteiger partial charge in [-0.1, -0.05) is 23.1 Å². The van der Waals surface area contributed by atoms with E-state index in [-0.39, 0.29) is 16.7 Å². The fraction of sp³-hybridized carbons (Fsp3) is 0.812. The molecule has 5 rings (SSSR count). The summed E-state index contributed by atoms with van der Waals surface area (Å²) >= 11 is 3.01. The van der Waals surface area contributed by atoms with Gasteiger partial charge in [0.25, 0.3) is 0 Å². The molecule has 126 valence electrons. The number of hydrogen-bond acceptors (Lipinski definition) is 6. The second-order valence-electron chi connectivity index (χ2n) is 7.57. The Bertz CT molecular complexity index is 567. The molecular formula is C16H24N4OS2. The van der Waals surface area contributed by atoms with Gasteiger partial charge >= 0.3 is 0 Å². The molecule has 0 unspecified atom stereocenters. The lowest BCUT2D eigenvalue weighted by Gasteiger charge is -2.57. The van der Waals surface area contributed by atoms with Crippen LogP contribution in [0.2, 0.25) is 0 Å². The summed E-state index contributed by atoms with van der Waals surface area (Å²) in [7, 11) is 1.83. The molecular weight excluding hydrogens is 328 g/mol. The third-order valence-corrected chi connectivity index (χ3v) is 7.82. The topological polar surface area (TPSA) is 66.9 Å². The van der Waals surface area contributed by atoms with Crippen molar-refractivity contribution in [2.24, 2.45) is 17.8 Å². The number of carbonyl (C=O) groups is 1. The lowest BCUT2D eigenvalue weighted by molar-refractivity contribution is -0.126. The van der Waals surface area contributed by atoms with E-state index in [2.05, 4.69) is 20.8 Å². The highest BCUT2D eigenvalue weighted by molar-refractivity contribution is 8.02. The van der Waals surface area contributed by atoms with Crippen LogP contribution in [0.1, 0.15) is 45.4 Å². The molecule has 23 heavy (non-hydrogen) atoms. The Hall–Kier alpha value is -0.820. The minimum Gasteiger partial charge on any atom is -0.363 e. The first kappa shape index (κ1) is 15.7. The fourth-order valence-electron chi connectivity index (χ4n) is 5.19. The smallest absolute Gasteiger partial charge is 0.233 e. The Morgan fingerprint density at radius 3 is 2.35 bits per heavy atom. The molecule has 0 radical (unpaired) electrons. The molecule has 0 aromatic carbocycles. The molecule has 0 aliphatic heterocycles. The Morgan fingerprint density at radius 1 is 1.22 bits per heavy atom. The van der Waals surface area contributed by atoms with Crippen LogP contribution in [-0.2, 0) is 4.79 Å². The predicted octanol–water partition coefficient (Wildman–Crippen LogP) is 3.15. The van der Waals surface area contributed by atoms with Crippen molar-refractivity contribution in [3.8, 4) is 0 Å². The van der Waals surface area contributed by atoms with Gasteiger partial charge in [0.15, 0.2) is 4.34 Å². The first-order chi connectivity index (χ1) is 11.0. The van der Waals surface area contributed by atoms with Crippen molar-refractivity contribution in [3.63, 3.8) is 0 Å². The number of rotatable bonds is 5. The highest BCUT2D eigenvalue weighted by atomic mass is 32.2. The summed E-state index contributed by atoms with van der Waals surface area (Å²) in [4.78, 5) is 12.7. The highest BCUT2D eigenvalue weighted by Gasteiger charge is 2.51. The minimum absolute atomic E-state index is 0.0952. The zero-order valence-corrected chi connectivity index (χ0v) is 15.3. The van der Waals surface area contributed by atoms with Crippen LogP contribution in [0.25, 0.3) is 0 Å². The summed E-state index contributed by atoms with van der Waals surface area (Å²) in [6.07, 6.45) is 7.80. The zero-order chi connectivity index (χ0) is 16.0. The summed E-state index contributed by atoms with van der Waals surface area (Å²) in [5, 5.41) is 15.3.